The van der Waals surface area contributed by atoms with E-state index in [9.17, 15) is 9.90 Å². The first kappa shape index (κ1) is 10.2. The fourth-order valence-corrected chi connectivity index (χ4v) is 2.30. The van der Waals surface area contributed by atoms with Gasteiger partial charge >= 0.3 is 5.97 Å². The van der Waals surface area contributed by atoms with Gasteiger partial charge in [0.05, 0.1) is 5.92 Å². The number of carbonyl (C=O) groups is 1. The van der Waals surface area contributed by atoms with Crippen LogP contribution in [-0.4, -0.2) is 29.1 Å². The van der Waals surface area contributed by atoms with Crippen LogP contribution >= 0.6 is 0 Å². The fourth-order valence-electron chi connectivity index (χ4n) is 2.30. The van der Waals surface area contributed by atoms with Crippen molar-refractivity contribution in [2.24, 2.45) is 5.92 Å². The highest BCUT2D eigenvalue weighted by molar-refractivity contribution is 5.75. The molecule has 15 heavy (non-hydrogen) atoms. The fraction of sp³-hybridized carbons (Fsp3) is 0.545. The van der Waals surface area contributed by atoms with Crippen molar-refractivity contribution in [2.75, 3.05) is 13.1 Å². The highest BCUT2D eigenvalue weighted by Gasteiger charge is 2.31. The van der Waals surface area contributed by atoms with E-state index in [2.05, 4.69) is 10.3 Å². The Bertz CT molecular complexity index is 315. The summed E-state index contributed by atoms with van der Waals surface area (Å²) in [6, 6.07) is 3.72. The second kappa shape index (κ2) is 4.49. The molecule has 1 aliphatic heterocycles. The largest absolute Gasteiger partial charge is 0.481 e. The molecule has 0 radical (unpaired) electrons. The van der Waals surface area contributed by atoms with Crippen LogP contribution in [0.4, 0.5) is 0 Å². The molecule has 0 aliphatic carbocycles. The van der Waals surface area contributed by atoms with Gasteiger partial charge in [-0.15, -0.1) is 0 Å². The van der Waals surface area contributed by atoms with Crippen molar-refractivity contribution >= 4 is 5.97 Å². The van der Waals surface area contributed by atoms with Crippen LogP contribution in [0.5, 0.6) is 0 Å². The number of carboxylic acids is 1. The third kappa shape index (κ3) is 2.21. The van der Waals surface area contributed by atoms with E-state index in [0.717, 1.165) is 31.6 Å². The summed E-state index contributed by atoms with van der Waals surface area (Å²) in [4.78, 5) is 14.3. The molecule has 0 bridgehead atoms. The van der Waals surface area contributed by atoms with Gasteiger partial charge in [0.25, 0.3) is 0 Å². The first-order chi connectivity index (χ1) is 7.29. The standard InChI is InChI=1S/C11H16N2O2/c14-11(15)10(9-2-1-5-13-9)8-3-6-12-7-4-8/h1-2,5,8,10,12-13H,3-4,6-7H2,(H,14,15). The lowest BCUT2D eigenvalue weighted by Gasteiger charge is -2.27. The van der Waals surface area contributed by atoms with Crippen LogP contribution in [0.3, 0.4) is 0 Å². The Morgan fingerprint density at radius 3 is 2.73 bits per heavy atom. The van der Waals surface area contributed by atoms with Gasteiger partial charge in [0.1, 0.15) is 0 Å². The molecular weight excluding hydrogens is 192 g/mol. The Morgan fingerprint density at radius 1 is 1.47 bits per heavy atom. The molecule has 0 aromatic carbocycles. The summed E-state index contributed by atoms with van der Waals surface area (Å²) in [5, 5.41) is 12.5. The Hall–Kier alpha value is -1.29. The molecule has 1 aliphatic rings. The molecular formula is C11H16N2O2. The van der Waals surface area contributed by atoms with E-state index in [1.807, 2.05) is 12.1 Å². The van der Waals surface area contributed by atoms with Crippen molar-refractivity contribution in [1.82, 2.24) is 10.3 Å². The molecule has 4 nitrogen and oxygen atoms in total. The van der Waals surface area contributed by atoms with Crippen molar-refractivity contribution in [3.8, 4) is 0 Å². The van der Waals surface area contributed by atoms with Gasteiger partial charge in [-0.1, -0.05) is 0 Å². The van der Waals surface area contributed by atoms with Gasteiger partial charge in [-0.25, -0.2) is 0 Å². The molecule has 0 amide bonds. The number of aromatic nitrogens is 1. The number of rotatable bonds is 3. The normalized spacial score (nSPS) is 20.0. The Balaban J connectivity index is 2.15. The van der Waals surface area contributed by atoms with Gasteiger partial charge in [0, 0.05) is 11.9 Å². The number of H-pyrrole nitrogens is 1. The SMILES string of the molecule is O=C(O)C(c1ccc[nH]1)C1CCNCC1. The van der Waals surface area contributed by atoms with Crippen molar-refractivity contribution in [3.63, 3.8) is 0 Å². The van der Waals surface area contributed by atoms with Crippen molar-refractivity contribution in [1.29, 1.82) is 0 Å². The number of aliphatic carboxylic acids is 1. The van der Waals surface area contributed by atoms with Crippen LogP contribution in [0.15, 0.2) is 18.3 Å². The first-order valence-electron chi connectivity index (χ1n) is 5.36. The number of carboxylic acid groups (broad SMARTS) is 1. The minimum atomic E-state index is -0.718. The van der Waals surface area contributed by atoms with E-state index >= 15 is 0 Å². The van der Waals surface area contributed by atoms with Gasteiger partial charge in [0.2, 0.25) is 0 Å². The monoisotopic (exact) mass is 208 g/mol. The summed E-state index contributed by atoms with van der Waals surface area (Å²) in [6.07, 6.45) is 3.67. The van der Waals surface area contributed by atoms with E-state index < -0.39 is 5.97 Å². The molecule has 1 fully saturated rings. The minimum absolute atomic E-state index is 0.252. The second-order valence-electron chi connectivity index (χ2n) is 4.03. The third-order valence-electron chi connectivity index (χ3n) is 3.08. The number of nitrogens with one attached hydrogen (secondary N) is 2. The summed E-state index contributed by atoms with van der Waals surface area (Å²) in [7, 11) is 0. The van der Waals surface area contributed by atoms with E-state index in [1.165, 1.54) is 0 Å². The van der Waals surface area contributed by atoms with Crippen LogP contribution in [0.1, 0.15) is 24.5 Å². The Morgan fingerprint density at radius 2 is 2.20 bits per heavy atom. The van der Waals surface area contributed by atoms with E-state index in [4.69, 9.17) is 0 Å². The summed E-state index contributed by atoms with van der Waals surface area (Å²) >= 11 is 0. The summed E-state index contributed by atoms with van der Waals surface area (Å²) in [5.74, 6) is -0.839. The third-order valence-corrected chi connectivity index (χ3v) is 3.08. The van der Waals surface area contributed by atoms with Crippen LogP contribution in [-0.2, 0) is 4.79 Å². The van der Waals surface area contributed by atoms with Crippen LogP contribution in [0.25, 0.3) is 0 Å². The molecule has 1 atom stereocenters. The molecule has 82 valence electrons. The molecule has 2 rings (SSSR count). The van der Waals surface area contributed by atoms with Gasteiger partial charge in [-0.3, -0.25) is 4.79 Å². The Labute approximate surface area is 88.7 Å². The van der Waals surface area contributed by atoms with E-state index in [0.29, 0.717) is 0 Å². The summed E-state index contributed by atoms with van der Waals surface area (Å²) in [5.41, 5.74) is 0.828. The highest BCUT2D eigenvalue weighted by Crippen LogP contribution is 2.30. The van der Waals surface area contributed by atoms with E-state index in [-0.39, 0.29) is 11.8 Å². The van der Waals surface area contributed by atoms with Gasteiger partial charge in [-0.2, -0.15) is 0 Å². The van der Waals surface area contributed by atoms with Gasteiger partial charge in [-0.05, 0) is 44.0 Å². The molecule has 3 N–H and O–H groups in total. The quantitative estimate of drug-likeness (QED) is 0.699. The average molecular weight is 208 g/mol. The van der Waals surface area contributed by atoms with Crippen LogP contribution in [0.2, 0.25) is 0 Å². The highest BCUT2D eigenvalue weighted by atomic mass is 16.4. The smallest absolute Gasteiger partial charge is 0.312 e. The molecule has 0 saturated carbocycles. The molecule has 1 aromatic rings. The maximum absolute atomic E-state index is 11.3. The molecule has 1 aromatic heterocycles. The van der Waals surface area contributed by atoms with Crippen LogP contribution in [0, 0.1) is 5.92 Å². The summed E-state index contributed by atoms with van der Waals surface area (Å²) < 4.78 is 0. The van der Waals surface area contributed by atoms with Gasteiger partial charge in [0.15, 0.2) is 0 Å². The van der Waals surface area contributed by atoms with Crippen LogP contribution < -0.4 is 5.32 Å². The predicted octanol–water partition coefficient (Wildman–Crippen LogP) is 1.18. The Kier molecular flexibility index (Phi) is 3.06. The zero-order valence-corrected chi connectivity index (χ0v) is 8.57. The molecule has 0 spiro atoms. The second-order valence-corrected chi connectivity index (χ2v) is 4.03. The maximum Gasteiger partial charge on any atom is 0.312 e. The lowest BCUT2D eigenvalue weighted by atomic mass is 9.83. The number of hydrogen-bond donors (Lipinski definition) is 3. The first-order valence-corrected chi connectivity index (χ1v) is 5.36. The van der Waals surface area contributed by atoms with Gasteiger partial charge < -0.3 is 15.4 Å². The molecule has 1 unspecified atom stereocenters. The lowest BCUT2D eigenvalue weighted by Crippen LogP contribution is -2.33. The maximum atomic E-state index is 11.3. The van der Waals surface area contributed by atoms with Crippen molar-refractivity contribution < 1.29 is 9.90 Å². The lowest BCUT2D eigenvalue weighted by molar-refractivity contribution is -0.140. The predicted molar refractivity (Wildman–Crippen MR) is 56.8 cm³/mol. The molecule has 1 saturated heterocycles. The number of hydrogen-bond acceptors (Lipinski definition) is 2. The molecule has 2 heterocycles. The minimum Gasteiger partial charge on any atom is -0.481 e. The van der Waals surface area contributed by atoms with Crippen molar-refractivity contribution in [3.05, 3.63) is 24.0 Å². The van der Waals surface area contributed by atoms with Crippen molar-refractivity contribution in [2.45, 2.75) is 18.8 Å². The zero-order valence-electron chi connectivity index (χ0n) is 8.57. The zero-order chi connectivity index (χ0) is 10.7. The number of piperidine rings is 1. The average Bonchev–Trinajstić information content (AvgIpc) is 2.72. The number of aromatic amines is 1. The summed E-state index contributed by atoms with van der Waals surface area (Å²) in [6.45, 7) is 1.85. The topological polar surface area (TPSA) is 65.1 Å². The van der Waals surface area contributed by atoms with E-state index in [1.54, 1.807) is 6.20 Å². The molecule has 4 heteroatoms.